The zero-order valence-corrected chi connectivity index (χ0v) is 29.6. The Kier molecular flexibility index (Phi) is 22.7. The summed E-state index contributed by atoms with van der Waals surface area (Å²) in [4.78, 5) is 13.0. The molecule has 0 saturated carbocycles. The zero-order valence-electron chi connectivity index (χ0n) is 29.6. The van der Waals surface area contributed by atoms with E-state index in [0.29, 0.717) is 25.4 Å². The minimum atomic E-state index is -0.816. The molecule has 3 rings (SSSR count). The van der Waals surface area contributed by atoms with Crippen LogP contribution in [0.4, 0.5) is 0 Å². The number of Topliss-reactive ketones (excluding diaryl/α,β-unsaturated/α-hetero) is 1. The molecular formula is C36H64O8. The van der Waals surface area contributed by atoms with Gasteiger partial charge in [-0.05, 0) is 58.8 Å². The molecule has 1 spiro atoms. The smallest absolute Gasteiger partial charge is 0.172 e. The van der Waals surface area contributed by atoms with Gasteiger partial charge in [0, 0.05) is 31.5 Å². The van der Waals surface area contributed by atoms with E-state index in [2.05, 4.69) is 38.2 Å². The Bertz CT molecular complexity index is 880. The number of carbonyl (C=O) groups excluding carboxylic acids is 1. The van der Waals surface area contributed by atoms with Crippen molar-refractivity contribution in [2.75, 3.05) is 20.3 Å². The lowest BCUT2D eigenvalue weighted by Crippen LogP contribution is -2.43. The molecule has 8 nitrogen and oxygen atoms in total. The largest absolute Gasteiger partial charge is 0.495 e. The third kappa shape index (κ3) is 13.6. The van der Waals surface area contributed by atoms with Crippen molar-refractivity contribution in [2.24, 2.45) is 29.6 Å². The number of ether oxygens (including phenoxy) is 4. The highest BCUT2D eigenvalue weighted by Crippen LogP contribution is 2.41. The van der Waals surface area contributed by atoms with E-state index >= 15 is 0 Å². The van der Waals surface area contributed by atoms with E-state index in [0.717, 1.165) is 12.8 Å². The Labute approximate surface area is 269 Å². The number of aliphatic hydroxyl groups is 3. The highest BCUT2D eigenvalue weighted by atomic mass is 16.6. The first kappa shape index (κ1) is 44.2. The van der Waals surface area contributed by atoms with Gasteiger partial charge < -0.3 is 34.3 Å². The van der Waals surface area contributed by atoms with E-state index in [4.69, 9.17) is 18.9 Å². The topological polar surface area (TPSA) is 118 Å². The summed E-state index contributed by atoms with van der Waals surface area (Å²) in [7, 11) is 1.62. The van der Waals surface area contributed by atoms with Crippen molar-refractivity contribution in [3.05, 3.63) is 12.3 Å². The molecule has 3 fully saturated rings. The van der Waals surface area contributed by atoms with Crippen LogP contribution in [0.5, 0.6) is 0 Å². The number of hydrogen-bond donors (Lipinski definition) is 3. The van der Waals surface area contributed by atoms with E-state index < -0.39 is 29.8 Å². The van der Waals surface area contributed by atoms with E-state index in [1.165, 1.54) is 0 Å². The summed E-state index contributed by atoms with van der Waals surface area (Å²) in [6.07, 6.45) is 7.95. The number of methoxy groups -OCH3 is 1. The Morgan fingerprint density at radius 1 is 0.909 bits per heavy atom. The number of ketones is 1. The molecule has 12 atom stereocenters. The van der Waals surface area contributed by atoms with Crippen LogP contribution in [-0.2, 0) is 23.7 Å². The highest BCUT2D eigenvalue weighted by Gasteiger charge is 2.55. The molecule has 2 unspecified atom stereocenters. The van der Waals surface area contributed by atoms with E-state index in [1.54, 1.807) is 14.0 Å². The second-order valence-electron chi connectivity index (χ2n) is 12.0. The van der Waals surface area contributed by atoms with Gasteiger partial charge in [0.25, 0.3) is 0 Å². The van der Waals surface area contributed by atoms with Crippen LogP contribution in [0.25, 0.3) is 0 Å². The molecule has 44 heavy (non-hydrogen) atoms. The van der Waals surface area contributed by atoms with Crippen molar-refractivity contribution < 1.29 is 39.1 Å². The maximum atomic E-state index is 13.0. The third-order valence-electron chi connectivity index (χ3n) is 8.74. The molecule has 0 bridgehead atoms. The molecule has 0 aliphatic carbocycles. The van der Waals surface area contributed by atoms with Crippen molar-refractivity contribution in [2.45, 2.75) is 138 Å². The quantitative estimate of drug-likeness (QED) is 0.262. The summed E-state index contributed by atoms with van der Waals surface area (Å²) < 4.78 is 21.8. The predicted octanol–water partition coefficient (Wildman–Crippen LogP) is 5.42. The molecule has 0 aromatic rings. The van der Waals surface area contributed by atoms with Gasteiger partial charge in [-0.2, -0.15) is 0 Å². The van der Waals surface area contributed by atoms with Crippen molar-refractivity contribution in [3.63, 3.8) is 0 Å². The number of aliphatic hydroxyl groups excluding tert-OH is 3. The van der Waals surface area contributed by atoms with E-state index in [9.17, 15) is 20.1 Å². The van der Waals surface area contributed by atoms with Gasteiger partial charge >= 0.3 is 0 Å². The molecule has 0 aromatic heterocycles. The van der Waals surface area contributed by atoms with Gasteiger partial charge in [-0.3, -0.25) is 4.79 Å². The number of terminal acetylenes is 1. The first-order chi connectivity index (χ1) is 20.7. The van der Waals surface area contributed by atoms with Gasteiger partial charge in [0.2, 0.25) is 0 Å². The maximum absolute atomic E-state index is 13.0. The Morgan fingerprint density at radius 3 is 1.86 bits per heavy atom. The average Bonchev–Trinajstić information content (AvgIpc) is 3.81. The fourth-order valence-corrected chi connectivity index (χ4v) is 5.51. The second-order valence-corrected chi connectivity index (χ2v) is 12.0. The number of hydrogen-bond acceptors (Lipinski definition) is 8. The normalized spacial score (nSPS) is 38.8. The lowest BCUT2D eigenvalue weighted by molar-refractivity contribution is -0.138. The fourth-order valence-electron chi connectivity index (χ4n) is 5.51. The summed E-state index contributed by atoms with van der Waals surface area (Å²) >= 11 is 0. The number of epoxide rings is 1. The number of carbonyl (C=O) groups is 1. The Hall–Kier alpha value is -1.91. The molecule has 3 N–H and O–H groups in total. The summed E-state index contributed by atoms with van der Waals surface area (Å²) in [5.74, 6) is 5.21. The Balaban J connectivity index is 0. The molecule has 3 heterocycles. The van der Waals surface area contributed by atoms with Gasteiger partial charge in [0.15, 0.2) is 11.4 Å². The predicted molar refractivity (Wildman–Crippen MR) is 178 cm³/mol. The van der Waals surface area contributed by atoms with Crippen LogP contribution in [0, 0.1) is 54.3 Å². The molecule has 0 aromatic carbocycles. The first-order valence-electron chi connectivity index (χ1n) is 16.1. The average molecular weight is 625 g/mol. The molecule has 8 heteroatoms. The van der Waals surface area contributed by atoms with E-state index in [-0.39, 0.29) is 47.8 Å². The lowest BCUT2D eigenvalue weighted by atomic mass is 9.78. The standard InChI is InChI=1S/C21H36O5.C7H14O3.C4H6.C2H6.C2H2/c1-11-8-12(2)18(22)13(3)16(6)26-17(7)14(4)19(23)15(5)20(24)21(9-11)10-25-21;1-5-7(8)6(9-2)3-4-10-5;1-3-4-2;2*1-2/h11-15,17-19,22-23H,6,8-10H2,1-5,7H3;5-8H,3-4H2,1-2H3;1-2H3;1-2H3;1-2H/t11-,12-,13+,14+,15-,17-,18+,19+,21?;5?,6-,7+;;;/m11.../s1. The molecule has 3 aliphatic heterocycles. The van der Waals surface area contributed by atoms with Crippen LogP contribution < -0.4 is 0 Å². The van der Waals surface area contributed by atoms with Crippen LogP contribution in [0.1, 0.15) is 95.4 Å². The summed E-state index contributed by atoms with van der Waals surface area (Å²) in [6, 6.07) is 0. The third-order valence-corrected chi connectivity index (χ3v) is 8.74. The van der Waals surface area contributed by atoms with Crippen LogP contribution >= 0.6 is 0 Å². The van der Waals surface area contributed by atoms with Crippen LogP contribution in [0.3, 0.4) is 0 Å². The SMILES string of the molecule is C#C.C=C1O[C@H](C)[C@H](C)[C@H](O)[C@@H](C)C(=O)C2(CO2)C[C@H](C)C[C@@H](C)[C@H](O)[C@H]1C.CC.CC#CC.CO[C@@H]1CCOC(C)[C@@H]1O. The van der Waals surface area contributed by atoms with Gasteiger partial charge in [-0.25, -0.2) is 0 Å². The van der Waals surface area contributed by atoms with Crippen LogP contribution in [0.15, 0.2) is 12.3 Å². The van der Waals surface area contributed by atoms with Crippen molar-refractivity contribution >= 4 is 5.78 Å². The minimum absolute atomic E-state index is 0.0200. The zero-order chi connectivity index (χ0) is 34.8. The van der Waals surface area contributed by atoms with Gasteiger partial charge in [-0.15, -0.1) is 24.7 Å². The first-order valence-corrected chi connectivity index (χ1v) is 16.1. The number of rotatable bonds is 1. The lowest BCUT2D eigenvalue weighted by Gasteiger charge is -2.34. The molecule has 256 valence electrons. The summed E-state index contributed by atoms with van der Waals surface area (Å²) in [5.41, 5.74) is -0.756. The second kappa shape index (κ2) is 22.6. The minimum Gasteiger partial charge on any atom is -0.495 e. The maximum Gasteiger partial charge on any atom is 0.172 e. The van der Waals surface area contributed by atoms with Crippen molar-refractivity contribution in [3.8, 4) is 24.7 Å². The summed E-state index contributed by atoms with van der Waals surface area (Å²) in [6.45, 7) is 26.2. The van der Waals surface area contributed by atoms with Gasteiger partial charge in [-0.1, -0.05) is 55.0 Å². The fraction of sp³-hybridized carbons (Fsp3) is 0.806. The molecular weight excluding hydrogens is 560 g/mol. The molecule has 3 aliphatic rings. The van der Waals surface area contributed by atoms with Crippen molar-refractivity contribution in [1.82, 2.24) is 0 Å². The van der Waals surface area contributed by atoms with Crippen LogP contribution in [0.2, 0.25) is 0 Å². The van der Waals surface area contributed by atoms with Crippen molar-refractivity contribution in [1.29, 1.82) is 0 Å². The monoisotopic (exact) mass is 624 g/mol. The highest BCUT2D eigenvalue weighted by molar-refractivity contribution is 5.92. The van der Waals surface area contributed by atoms with Gasteiger partial charge in [0.1, 0.15) is 12.2 Å². The Morgan fingerprint density at radius 2 is 1.43 bits per heavy atom. The molecule has 3 saturated heterocycles. The molecule has 0 amide bonds. The molecule has 0 radical (unpaired) electrons. The van der Waals surface area contributed by atoms with Crippen LogP contribution in [-0.4, -0.2) is 83.7 Å². The van der Waals surface area contributed by atoms with Gasteiger partial charge in [0.05, 0.1) is 36.8 Å². The van der Waals surface area contributed by atoms with E-state index in [1.807, 2.05) is 62.3 Å². The summed E-state index contributed by atoms with van der Waals surface area (Å²) in [5, 5.41) is 30.8.